The maximum Gasteiger partial charge on any atom is 0.243 e. The lowest BCUT2D eigenvalue weighted by Gasteiger charge is -2.16. The Bertz CT molecular complexity index is 544. The molecule has 1 saturated heterocycles. The van der Waals surface area contributed by atoms with Gasteiger partial charge in [0.25, 0.3) is 0 Å². The van der Waals surface area contributed by atoms with Crippen LogP contribution in [0.5, 0.6) is 5.75 Å². The molecule has 1 heterocycles. The number of sulfonamides is 1. The second-order valence-corrected chi connectivity index (χ2v) is 6.15. The molecule has 1 fully saturated rings. The summed E-state index contributed by atoms with van der Waals surface area (Å²) in [4.78, 5) is 0.127. The van der Waals surface area contributed by atoms with Crippen molar-refractivity contribution in [3.63, 3.8) is 0 Å². The molecule has 0 bridgehead atoms. The van der Waals surface area contributed by atoms with Crippen molar-refractivity contribution in [2.24, 2.45) is 0 Å². The first kappa shape index (κ1) is 13.1. The van der Waals surface area contributed by atoms with Crippen molar-refractivity contribution in [2.45, 2.75) is 17.4 Å². The first-order valence-corrected chi connectivity index (χ1v) is 7.01. The Kier molecular flexibility index (Phi) is 3.47. The Balaban J connectivity index is 2.35. The second kappa shape index (κ2) is 4.75. The summed E-state index contributed by atoms with van der Waals surface area (Å²) in [6.45, 7) is 0.464. The molecule has 6 nitrogen and oxygen atoms in total. The summed E-state index contributed by atoms with van der Waals surface area (Å²) in [6, 6.07) is 4.34. The molecule has 7 heteroatoms. The molecule has 0 spiro atoms. The Morgan fingerprint density at radius 1 is 1.50 bits per heavy atom. The smallest absolute Gasteiger partial charge is 0.243 e. The molecule has 2 rings (SSSR count). The van der Waals surface area contributed by atoms with Gasteiger partial charge in [-0.3, -0.25) is 0 Å². The zero-order valence-corrected chi connectivity index (χ0v) is 10.9. The number of nitrogen functional groups attached to an aromatic ring is 1. The molecule has 18 heavy (non-hydrogen) atoms. The zero-order valence-electron chi connectivity index (χ0n) is 10.0. The van der Waals surface area contributed by atoms with Crippen molar-refractivity contribution in [1.82, 2.24) is 4.31 Å². The number of nitrogens with two attached hydrogens (primary N) is 1. The standard InChI is InChI=1S/C11H16N2O4S/c1-17-11-6-9(2-3-10(11)12)18(15,16)13-5-4-8(14)7-13/h2-3,6,8,14H,4-5,7,12H2,1H3/t8-/m0/s1. The van der Waals surface area contributed by atoms with E-state index in [2.05, 4.69) is 0 Å². The molecule has 1 atom stereocenters. The zero-order chi connectivity index (χ0) is 13.3. The van der Waals surface area contributed by atoms with E-state index in [1.807, 2.05) is 0 Å². The fourth-order valence-corrected chi connectivity index (χ4v) is 3.44. The van der Waals surface area contributed by atoms with Crippen LogP contribution in [0.15, 0.2) is 23.1 Å². The Hall–Kier alpha value is -1.31. The van der Waals surface area contributed by atoms with Crippen LogP contribution in [0.25, 0.3) is 0 Å². The summed E-state index contributed by atoms with van der Waals surface area (Å²) in [5.41, 5.74) is 6.03. The van der Waals surface area contributed by atoms with Crippen LogP contribution in [-0.2, 0) is 10.0 Å². The van der Waals surface area contributed by atoms with Crippen LogP contribution in [-0.4, -0.2) is 44.1 Å². The quantitative estimate of drug-likeness (QED) is 0.757. The van der Waals surface area contributed by atoms with Crippen molar-refractivity contribution in [3.05, 3.63) is 18.2 Å². The summed E-state index contributed by atoms with van der Waals surface area (Å²) >= 11 is 0. The van der Waals surface area contributed by atoms with Crippen LogP contribution in [0.1, 0.15) is 6.42 Å². The number of ether oxygens (including phenoxy) is 1. The minimum atomic E-state index is -3.58. The molecular formula is C11H16N2O4S. The van der Waals surface area contributed by atoms with E-state index in [4.69, 9.17) is 10.5 Å². The maximum atomic E-state index is 12.3. The highest BCUT2D eigenvalue weighted by atomic mass is 32.2. The van der Waals surface area contributed by atoms with E-state index in [-0.39, 0.29) is 11.4 Å². The summed E-state index contributed by atoms with van der Waals surface area (Å²) in [5, 5.41) is 9.40. The van der Waals surface area contributed by atoms with Crippen LogP contribution >= 0.6 is 0 Å². The van der Waals surface area contributed by atoms with Crippen LogP contribution in [0, 0.1) is 0 Å². The van der Waals surface area contributed by atoms with E-state index >= 15 is 0 Å². The average Bonchev–Trinajstić information content (AvgIpc) is 2.77. The van der Waals surface area contributed by atoms with Gasteiger partial charge in [0.15, 0.2) is 0 Å². The highest BCUT2D eigenvalue weighted by Crippen LogP contribution is 2.28. The van der Waals surface area contributed by atoms with E-state index in [9.17, 15) is 13.5 Å². The highest BCUT2D eigenvalue weighted by molar-refractivity contribution is 7.89. The molecule has 1 aliphatic rings. The number of hydrogen-bond donors (Lipinski definition) is 2. The van der Waals surface area contributed by atoms with Gasteiger partial charge in [0.1, 0.15) is 5.75 Å². The lowest BCUT2D eigenvalue weighted by atomic mass is 10.3. The summed E-state index contributed by atoms with van der Waals surface area (Å²) in [5.74, 6) is 0.329. The van der Waals surface area contributed by atoms with Crippen LogP contribution < -0.4 is 10.5 Å². The molecule has 0 aliphatic carbocycles. The second-order valence-electron chi connectivity index (χ2n) is 4.21. The average molecular weight is 272 g/mol. The number of nitrogens with zero attached hydrogens (tertiary/aromatic N) is 1. The Morgan fingerprint density at radius 3 is 2.78 bits per heavy atom. The minimum Gasteiger partial charge on any atom is -0.495 e. The monoisotopic (exact) mass is 272 g/mol. The predicted molar refractivity (Wildman–Crippen MR) is 66.8 cm³/mol. The first-order valence-electron chi connectivity index (χ1n) is 5.57. The number of aliphatic hydroxyl groups excluding tert-OH is 1. The molecule has 0 unspecified atom stereocenters. The molecule has 100 valence electrons. The van der Waals surface area contributed by atoms with E-state index in [0.717, 1.165) is 0 Å². The Morgan fingerprint density at radius 2 is 2.22 bits per heavy atom. The molecule has 1 aromatic rings. The number of benzene rings is 1. The molecule has 0 radical (unpaired) electrons. The van der Waals surface area contributed by atoms with Gasteiger partial charge in [0.2, 0.25) is 10.0 Å². The van der Waals surface area contributed by atoms with E-state index < -0.39 is 16.1 Å². The molecule has 0 saturated carbocycles. The third kappa shape index (κ3) is 2.29. The van der Waals surface area contributed by atoms with Crippen LogP contribution in [0.3, 0.4) is 0 Å². The Labute approximate surface area is 106 Å². The van der Waals surface area contributed by atoms with Crippen LogP contribution in [0.2, 0.25) is 0 Å². The number of hydrogen-bond acceptors (Lipinski definition) is 5. The van der Waals surface area contributed by atoms with Crippen molar-refractivity contribution >= 4 is 15.7 Å². The van der Waals surface area contributed by atoms with Gasteiger partial charge in [-0.25, -0.2) is 8.42 Å². The third-order valence-electron chi connectivity index (χ3n) is 2.97. The molecule has 1 aromatic carbocycles. The number of β-amino-alcohol motifs (C(OH)–C–C–N with tert-alkyl or cyclic N) is 1. The van der Waals surface area contributed by atoms with Gasteiger partial charge in [-0.15, -0.1) is 0 Å². The molecule has 1 aliphatic heterocycles. The topological polar surface area (TPSA) is 92.9 Å². The van der Waals surface area contributed by atoms with Crippen LogP contribution in [0.4, 0.5) is 5.69 Å². The van der Waals surface area contributed by atoms with E-state index in [1.165, 1.54) is 29.6 Å². The normalized spacial score (nSPS) is 21.1. The number of aliphatic hydroxyl groups is 1. The third-order valence-corrected chi connectivity index (χ3v) is 4.83. The summed E-state index contributed by atoms with van der Waals surface area (Å²) in [7, 11) is -2.15. The van der Waals surface area contributed by atoms with Gasteiger partial charge in [-0.05, 0) is 18.6 Å². The summed E-state index contributed by atoms with van der Waals surface area (Å²) in [6.07, 6.45) is -0.124. The number of rotatable bonds is 3. The molecule has 0 amide bonds. The maximum absolute atomic E-state index is 12.3. The van der Waals surface area contributed by atoms with Crippen molar-refractivity contribution in [2.75, 3.05) is 25.9 Å². The highest BCUT2D eigenvalue weighted by Gasteiger charge is 2.31. The number of methoxy groups -OCH3 is 1. The summed E-state index contributed by atoms with van der Waals surface area (Å²) < 4.78 is 30.8. The van der Waals surface area contributed by atoms with E-state index in [1.54, 1.807) is 0 Å². The molecule has 0 aromatic heterocycles. The molecular weight excluding hydrogens is 256 g/mol. The van der Waals surface area contributed by atoms with Gasteiger partial charge in [-0.1, -0.05) is 0 Å². The van der Waals surface area contributed by atoms with Crippen molar-refractivity contribution in [3.8, 4) is 5.75 Å². The van der Waals surface area contributed by atoms with Gasteiger partial charge in [0.05, 0.1) is 23.8 Å². The van der Waals surface area contributed by atoms with Crippen molar-refractivity contribution in [1.29, 1.82) is 0 Å². The van der Waals surface area contributed by atoms with Crippen molar-refractivity contribution < 1.29 is 18.3 Å². The number of anilines is 1. The first-order chi connectivity index (χ1) is 8.45. The largest absolute Gasteiger partial charge is 0.495 e. The van der Waals surface area contributed by atoms with E-state index in [0.29, 0.717) is 24.4 Å². The lowest BCUT2D eigenvalue weighted by Crippen LogP contribution is -2.29. The fraction of sp³-hybridized carbons (Fsp3) is 0.455. The lowest BCUT2D eigenvalue weighted by molar-refractivity contribution is 0.189. The van der Waals surface area contributed by atoms with Gasteiger partial charge >= 0.3 is 0 Å². The minimum absolute atomic E-state index is 0.127. The predicted octanol–water partition coefficient (Wildman–Crippen LogP) is 0.0327. The fourth-order valence-electron chi connectivity index (χ4n) is 1.93. The van der Waals surface area contributed by atoms with Gasteiger partial charge in [0, 0.05) is 19.2 Å². The molecule has 3 N–H and O–H groups in total. The SMILES string of the molecule is COc1cc(S(=O)(=O)N2CC[C@H](O)C2)ccc1N. The van der Waals surface area contributed by atoms with Gasteiger partial charge < -0.3 is 15.6 Å². The van der Waals surface area contributed by atoms with Gasteiger partial charge in [-0.2, -0.15) is 4.31 Å².